The van der Waals surface area contributed by atoms with Gasteiger partial charge in [0.2, 0.25) is 0 Å². The van der Waals surface area contributed by atoms with Crippen LogP contribution in [-0.2, 0) is 0 Å². The zero-order chi connectivity index (χ0) is 11.1. The molecule has 0 aromatic carbocycles. The Morgan fingerprint density at radius 2 is 1.87 bits per heavy atom. The van der Waals surface area contributed by atoms with Crippen LogP contribution in [0.25, 0.3) is 0 Å². The van der Waals surface area contributed by atoms with E-state index in [-0.39, 0.29) is 0 Å². The van der Waals surface area contributed by atoms with Gasteiger partial charge in [0, 0.05) is 0 Å². The van der Waals surface area contributed by atoms with E-state index in [1.807, 2.05) is 0 Å². The molecular formula is C15H26. The molecule has 0 spiro atoms. The van der Waals surface area contributed by atoms with E-state index >= 15 is 0 Å². The van der Waals surface area contributed by atoms with Crippen LogP contribution in [0.3, 0.4) is 0 Å². The first kappa shape index (κ1) is 12.6. The van der Waals surface area contributed by atoms with Crippen LogP contribution >= 0.6 is 0 Å². The second-order valence-corrected chi connectivity index (χ2v) is 5.33. The van der Waals surface area contributed by atoms with E-state index in [1.165, 1.54) is 56.9 Å². The highest BCUT2D eigenvalue weighted by Crippen LogP contribution is 2.31. The average molecular weight is 206 g/mol. The van der Waals surface area contributed by atoms with Crippen LogP contribution in [0.4, 0.5) is 0 Å². The summed E-state index contributed by atoms with van der Waals surface area (Å²) in [5.74, 6) is 2.03. The SMILES string of the molecule is C=C=C(C)CCCCC1CCC(C)CC1. The van der Waals surface area contributed by atoms with Crippen LogP contribution in [0, 0.1) is 11.8 Å². The van der Waals surface area contributed by atoms with Crippen molar-refractivity contribution in [3.05, 3.63) is 17.9 Å². The first-order valence-electron chi connectivity index (χ1n) is 6.58. The molecule has 0 unspecified atom stereocenters. The van der Waals surface area contributed by atoms with Gasteiger partial charge < -0.3 is 0 Å². The predicted octanol–water partition coefficient (Wildman–Crippen LogP) is 5.10. The molecule has 86 valence electrons. The maximum absolute atomic E-state index is 3.68. The fourth-order valence-corrected chi connectivity index (χ4v) is 2.53. The summed E-state index contributed by atoms with van der Waals surface area (Å²) in [6.07, 6.45) is 11.3. The topological polar surface area (TPSA) is 0 Å². The second-order valence-electron chi connectivity index (χ2n) is 5.33. The van der Waals surface area contributed by atoms with Crippen LogP contribution in [0.1, 0.15) is 65.2 Å². The van der Waals surface area contributed by atoms with Crippen molar-refractivity contribution in [3.8, 4) is 0 Å². The molecule has 1 rings (SSSR count). The van der Waals surface area contributed by atoms with Crippen LogP contribution in [-0.4, -0.2) is 0 Å². The van der Waals surface area contributed by atoms with E-state index in [1.54, 1.807) is 0 Å². The fraction of sp³-hybridized carbons (Fsp3) is 0.800. The normalized spacial score (nSPS) is 26.0. The minimum Gasteiger partial charge on any atom is -0.130 e. The van der Waals surface area contributed by atoms with Crippen LogP contribution in [0.2, 0.25) is 0 Å². The molecule has 0 heterocycles. The van der Waals surface area contributed by atoms with Gasteiger partial charge in [0.1, 0.15) is 0 Å². The Morgan fingerprint density at radius 3 is 2.47 bits per heavy atom. The molecule has 0 saturated heterocycles. The highest BCUT2D eigenvalue weighted by molar-refractivity contribution is 4.93. The molecule has 0 bridgehead atoms. The van der Waals surface area contributed by atoms with Crippen molar-refractivity contribution in [2.75, 3.05) is 0 Å². The van der Waals surface area contributed by atoms with Crippen molar-refractivity contribution in [1.29, 1.82) is 0 Å². The molecule has 1 aliphatic rings. The van der Waals surface area contributed by atoms with Gasteiger partial charge in [-0.15, -0.1) is 5.73 Å². The first-order chi connectivity index (χ1) is 7.22. The molecule has 1 fully saturated rings. The Balaban J connectivity index is 2.03. The van der Waals surface area contributed by atoms with E-state index in [4.69, 9.17) is 0 Å². The van der Waals surface area contributed by atoms with Crippen molar-refractivity contribution in [2.24, 2.45) is 11.8 Å². The molecule has 0 nitrogen and oxygen atoms in total. The molecule has 0 atom stereocenters. The third kappa shape index (κ3) is 5.23. The Labute approximate surface area is 95.5 Å². The van der Waals surface area contributed by atoms with Crippen LogP contribution in [0.15, 0.2) is 17.9 Å². The Hall–Kier alpha value is -0.480. The van der Waals surface area contributed by atoms with Gasteiger partial charge in [-0.1, -0.05) is 52.0 Å². The lowest BCUT2D eigenvalue weighted by atomic mass is 9.80. The summed E-state index contributed by atoms with van der Waals surface area (Å²) in [6, 6.07) is 0. The molecule has 0 amide bonds. The number of allylic oxidation sites excluding steroid dienone is 1. The lowest BCUT2D eigenvalue weighted by Gasteiger charge is -2.25. The quantitative estimate of drug-likeness (QED) is 0.433. The van der Waals surface area contributed by atoms with Gasteiger partial charge in [0.05, 0.1) is 0 Å². The van der Waals surface area contributed by atoms with Gasteiger partial charge >= 0.3 is 0 Å². The summed E-state index contributed by atoms with van der Waals surface area (Å²) in [7, 11) is 0. The maximum Gasteiger partial charge on any atom is -0.0247 e. The van der Waals surface area contributed by atoms with E-state index in [2.05, 4.69) is 26.2 Å². The molecule has 0 heteroatoms. The minimum atomic E-state index is 0.993. The van der Waals surface area contributed by atoms with Gasteiger partial charge in [0.15, 0.2) is 0 Å². The summed E-state index contributed by atoms with van der Waals surface area (Å²) in [5.41, 5.74) is 4.30. The molecule has 0 aliphatic heterocycles. The van der Waals surface area contributed by atoms with Gasteiger partial charge in [0.25, 0.3) is 0 Å². The highest BCUT2D eigenvalue weighted by Gasteiger charge is 2.17. The van der Waals surface area contributed by atoms with E-state index < -0.39 is 0 Å². The van der Waals surface area contributed by atoms with Crippen LogP contribution < -0.4 is 0 Å². The smallest absolute Gasteiger partial charge is 0.0247 e. The van der Waals surface area contributed by atoms with Crippen LogP contribution in [0.5, 0.6) is 0 Å². The summed E-state index contributed by atoms with van der Waals surface area (Å²) < 4.78 is 0. The van der Waals surface area contributed by atoms with Crippen molar-refractivity contribution in [1.82, 2.24) is 0 Å². The van der Waals surface area contributed by atoms with E-state index in [0.29, 0.717) is 0 Å². The van der Waals surface area contributed by atoms with Crippen molar-refractivity contribution < 1.29 is 0 Å². The number of hydrogen-bond acceptors (Lipinski definition) is 0. The summed E-state index contributed by atoms with van der Waals surface area (Å²) in [5, 5.41) is 0. The number of unbranched alkanes of at least 4 members (excludes halogenated alkanes) is 1. The summed E-state index contributed by atoms with van der Waals surface area (Å²) in [6.45, 7) is 8.21. The van der Waals surface area contributed by atoms with Gasteiger partial charge in [-0.25, -0.2) is 0 Å². The predicted molar refractivity (Wildman–Crippen MR) is 67.9 cm³/mol. The molecule has 0 aromatic rings. The van der Waals surface area contributed by atoms with Gasteiger partial charge in [-0.3, -0.25) is 0 Å². The lowest BCUT2D eigenvalue weighted by Crippen LogP contribution is -2.12. The number of hydrogen-bond donors (Lipinski definition) is 0. The van der Waals surface area contributed by atoms with E-state index in [0.717, 1.165) is 11.8 Å². The van der Waals surface area contributed by atoms with E-state index in [9.17, 15) is 0 Å². The molecule has 0 N–H and O–H groups in total. The molecular weight excluding hydrogens is 180 g/mol. The van der Waals surface area contributed by atoms with Crippen molar-refractivity contribution >= 4 is 0 Å². The summed E-state index contributed by atoms with van der Waals surface area (Å²) >= 11 is 0. The molecule has 0 radical (unpaired) electrons. The summed E-state index contributed by atoms with van der Waals surface area (Å²) in [4.78, 5) is 0. The monoisotopic (exact) mass is 206 g/mol. The Kier molecular flexibility index (Phi) is 5.79. The lowest BCUT2D eigenvalue weighted by molar-refractivity contribution is 0.272. The highest BCUT2D eigenvalue weighted by atomic mass is 14.2. The zero-order valence-electron chi connectivity index (χ0n) is 10.5. The van der Waals surface area contributed by atoms with Gasteiger partial charge in [-0.05, 0) is 37.2 Å². The second kappa shape index (κ2) is 6.90. The average Bonchev–Trinajstić information content (AvgIpc) is 2.26. The molecule has 15 heavy (non-hydrogen) atoms. The Morgan fingerprint density at radius 1 is 1.20 bits per heavy atom. The maximum atomic E-state index is 3.68. The Bertz CT molecular complexity index is 212. The fourth-order valence-electron chi connectivity index (χ4n) is 2.53. The largest absolute Gasteiger partial charge is 0.130 e. The molecule has 1 saturated carbocycles. The standard InChI is InChI=1S/C15H26/c1-4-13(2)7-5-6-8-15-11-9-14(3)10-12-15/h14-15H,1,5-12H2,2-3H3. The van der Waals surface area contributed by atoms with Gasteiger partial charge in [-0.2, -0.15) is 0 Å². The molecule has 1 aliphatic carbocycles. The molecule has 0 aromatic heterocycles. The van der Waals surface area contributed by atoms with Crippen molar-refractivity contribution in [3.63, 3.8) is 0 Å². The third-order valence-corrected chi connectivity index (χ3v) is 3.85. The zero-order valence-corrected chi connectivity index (χ0v) is 10.5. The van der Waals surface area contributed by atoms with Crippen molar-refractivity contribution in [2.45, 2.75) is 65.2 Å². The minimum absolute atomic E-state index is 0.993. The number of rotatable bonds is 5. The first-order valence-corrected chi connectivity index (χ1v) is 6.58. The third-order valence-electron chi connectivity index (χ3n) is 3.85.